The van der Waals surface area contributed by atoms with E-state index in [9.17, 15) is 4.79 Å². The number of halogens is 2. The van der Waals surface area contributed by atoms with E-state index in [2.05, 4.69) is 29.4 Å². The zero-order valence-electron chi connectivity index (χ0n) is 22.8. The lowest BCUT2D eigenvalue weighted by Crippen LogP contribution is -2.23. The number of aryl methyl sites for hydroxylation is 1. The molecule has 1 aliphatic rings. The lowest BCUT2D eigenvalue weighted by molar-refractivity contribution is -0.146. The van der Waals surface area contributed by atoms with Crippen molar-refractivity contribution in [3.63, 3.8) is 0 Å². The topological polar surface area (TPSA) is 65.2 Å². The van der Waals surface area contributed by atoms with Gasteiger partial charge < -0.3 is 9.26 Å². The van der Waals surface area contributed by atoms with Crippen molar-refractivity contribution in [3.8, 4) is 33.7 Å². The molecule has 7 heteroatoms. The first kappa shape index (κ1) is 27.3. The maximum Gasteiger partial charge on any atom is 0.316 e. The van der Waals surface area contributed by atoms with E-state index < -0.39 is 5.41 Å². The third-order valence-corrected chi connectivity index (χ3v) is 8.33. The summed E-state index contributed by atoms with van der Waals surface area (Å²) in [5.41, 5.74) is 7.74. The van der Waals surface area contributed by atoms with E-state index >= 15 is 0 Å². The number of aromatic nitrogens is 2. The highest BCUT2D eigenvalue weighted by Gasteiger charge is 2.52. The summed E-state index contributed by atoms with van der Waals surface area (Å²) in [5.74, 6) is 0.599. The Morgan fingerprint density at radius 3 is 2.12 bits per heavy atom. The average Bonchev–Trinajstić information content (AvgIpc) is 3.72. The minimum atomic E-state index is -0.465. The second-order valence-electron chi connectivity index (χ2n) is 10.3. The van der Waals surface area contributed by atoms with Crippen molar-refractivity contribution in [1.29, 1.82) is 0 Å². The summed E-state index contributed by atoms with van der Waals surface area (Å²) in [6, 6.07) is 27.7. The van der Waals surface area contributed by atoms with Gasteiger partial charge in [-0.3, -0.25) is 9.78 Å². The molecule has 0 N–H and O–H groups in total. The fraction of sp³-hybridized carbons (Fsp3) is 0.206. The molecule has 5 nitrogen and oxygen atoms in total. The molecule has 1 aliphatic carbocycles. The molecule has 0 aliphatic heterocycles. The largest absolute Gasteiger partial charge is 0.465 e. The molecule has 0 radical (unpaired) electrons. The first-order valence-electron chi connectivity index (χ1n) is 13.6. The van der Waals surface area contributed by atoms with Gasteiger partial charge in [0.2, 0.25) is 0 Å². The molecule has 1 fully saturated rings. The fourth-order valence-electron chi connectivity index (χ4n) is 5.27. The Hall–Kier alpha value is -3.93. The molecular weight excluding hydrogens is 555 g/mol. The SMILES string of the molecule is CCOC(=O)C1(c2ccc(-c3ccc(-c4onc(C)c4Cc4cccc(-c5c(Cl)cccc5Cl)n4)cc3)cc2)CC1. The zero-order valence-corrected chi connectivity index (χ0v) is 24.3. The summed E-state index contributed by atoms with van der Waals surface area (Å²) in [6.45, 7) is 4.19. The normalized spacial score (nSPS) is 13.7. The number of hydrogen-bond acceptors (Lipinski definition) is 5. The highest BCUT2D eigenvalue weighted by molar-refractivity contribution is 6.39. The summed E-state index contributed by atoms with van der Waals surface area (Å²) >= 11 is 12.9. The number of pyridine rings is 1. The highest BCUT2D eigenvalue weighted by atomic mass is 35.5. The Balaban J connectivity index is 1.23. The molecule has 2 aromatic heterocycles. The summed E-state index contributed by atoms with van der Waals surface area (Å²) in [5, 5.41) is 5.38. The molecule has 0 unspecified atom stereocenters. The minimum absolute atomic E-state index is 0.121. The van der Waals surface area contributed by atoms with E-state index in [-0.39, 0.29) is 5.97 Å². The first-order chi connectivity index (χ1) is 19.9. The standard InChI is InChI=1S/C34H28Cl2N2O3/c1-3-40-33(39)34(18-19-34)25-16-14-23(15-17-25)22-10-12-24(13-11-22)32-27(21(2)38-41-32)20-26-6-4-9-30(37-26)31-28(35)7-5-8-29(31)36/h4-17H,3,18-20H2,1-2H3. The van der Waals surface area contributed by atoms with Crippen molar-refractivity contribution in [2.24, 2.45) is 0 Å². The van der Waals surface area contributed by atoms with Gasteiger partial charge in [0.1, 0.15) is 0 Å². The highest BCUT2D eigenvalue weighted by Crippen LogP contribution is 2.49. The molecule has 6 rings (SSSR count). The van der Waals surface area contributed by atoms with Crippen LogP contribution in [0.3, 0.4) is 0 Å². The van der Waals surface area contributed by atoms with Gasteiger partial charge in [0.25, 0.3) is 0 Å². The molecule has 41 heavy (non-hydrogen) atoms. The van der Waals surface area contributed by atoms with Gasteiger partial charge in [0.15, 0.2) is 5.76 Å². The summed E-state index contributed by atoms with van der Waals surface area (Å²) < 4.78 is 11.1. The molecule has 2 heterocycles. The van der Waals surface area contributed by atoms with E-state index in [0.29, 0.717) is 23.1 Å². The van der Waals surface area contributed by atoms with Crippen molar-refractivity contribution in [2.75, 3.05) is 6.61 Å². The second kappa shape index (κ2) is 11.2. The number of carbonyl (C=O) groups is 1. The van der Waals surface area contributed by atoms with Crippen LogP contribution in [0.2, 0.25) is 10.0 Å². The third-order valence-electron chi connectivity index (χ3n) is 7.70. The Morgan fingerprint density at radius 1 is 0.878 bits per heavy atom. The van der Waals surface area contributed by atoms with Gasteiger partial charge in [-0.15, -0.1) is 0 Å². The summed E-state index contributed by atoms with van der Waals surface area (Å²) in [6.07, 6.45) is 2.23. The molecule has 0 amide bonds. The number of ether oxygens (including phenoxy) is 1. The smallest absolute Gasteiger partial charge is 0.316 e. The molecule has 3 aromatic carbocycles. The first-order valence-corrected chi connectivity index (χ1v) is 14.4. The van der Waals surface area contributed by atoms with Crippen molar-refractivity contribution in [2.45, 2.75) is 38.5 Å². The minimum Gasteiger partial charge on any atom is -0.465 e. The summed E-state index contributed by atoms with van der Waals surface area (Å²) in [7, 11) is 0. The van der Waals surface area contributed by atoms with Crippen molar-refractivity contribution >= 4 is 29.2 Å². The van der Waals surface area contributed by atoms with Crippen molar-refractivity contribution in [1.82, 2.24) is 10.1 Å². The number of carbonyl (C=O) groups excluding carboxylic acids is 1. The second-order valence-corrected chi connectivity index (χ2v) is 11.1. The van der Waals surface area contributed by atoms with Crippen molar-refractivity contribution in [3.05, 3.63) is 117 Å². The molecule has 1 saturated carbocycles. The van der Waals surface area contributed by atoms with Crippen LogP contribution in [0, 0.1) is 6.92 Å². The van der Waals surface area contributed by atoms with Crippen LogP contribution in [0.4, 0.5) is 0 Å². The van der Waals surface area contributed by atoms with Gasteiger partial charge in [0.05, 0.1) is 33.5 Å². The fourth-order valence-corrected chi connectivity index (χ4v) is 5.86. The maximum absolute atomic E-state index is 12.5. The van der Waals surface area contributed by atoms with Gasteiger partial charge in [0, 0.05) is 28.8 Å². The molecule has 0 atom stereocenters. The summed E-state index contributed by atoms with van der Waals surface area (Å²) in [4.78, 5) is 17.3. The molecular formula is C34H28Cl2N2O3. The molecule has 0 saturated heterocycles. The van der Waals surface area contributed by atoms with E-state index in [1.54, 1.807) is 0 Å². The monoisotopic (exact) mass is 582 g/mol. The number of esters is 1. The predicted molar refractivity (Wildman–Crippen MR) is 162 cm³/mol. The van der Waals surface area contributed by atoms with Crippen LogP contribution in [-0.4, -0.2) is 22.7 Å². The van der Waals surface area contributed by atoms with Crippen LogP contribution in [0.5, 0.6) is 0 Å². The van der Waals surface area contributed by atoms with Gasteiger partial charge >= 0.3 is 5.97 Å². The van der Waals surface area contributed by atoms with Crippen molar-refractivity contribution < 1.29 is 14.1 Å². The third kappa shape index (κ3) is 5.28. The maximum atomic E-state index is 12.5. The quantitative estimate of drug-likeness (QED) is 0.171. The van der Waals surface area contributed by atoms with E-state index in [4.69, 9.17) is 37.4 Å². The zero-order chi connectivity index (χ0) is 28.6. The van der Waals surface area contributed by atoms with E-state index in [0.717, 1.165) is 69.1 Å². The van der Waals surface area contributed by atoms with Crippen LogP contribution in [-0.2, 0) is 21.4 Å². The van der Waals surface area contributed by atoms with Crippen LogP contribution >= 0.6 is 23.2 Å². The lowest BCUT2D eigenvalue weighted by Gasteiger charge is -2.14. The molecule has 206 valence electrons. The number of hydrogen-bond donors (Lipinski definition) is 0. The molecule has 5 aromatic rings. The molecule has 0 spiro atoms. The average molecular weight is 584 g/mol. The predicted octanol–water partition coefficient (Wildman–Crippen LogP) is 8.87. The van der Waals surface area contributed by atoms with Gasteiger partial charge in [-0.1, -0.05) is 89.0 Å². The Bertz CT molecular complexity index is 1700. The van der Waals surface area contributed by atoms with Gasteiger partial charge in [-0.2, -0.15) is 0 Å². The van der Waals surface area contributed by atoms with E-state index in [1.807, 2.05) is 74.5 Å². The molecule has 0 bridgehead atoms. The van der Waals surface area contributed by atoms with Crippen LogP contribution in [0.25, 0.3) is 33.7 Å². The Morgan fingerprint density at radius 2 is 1.49 bits per heavy atom. The van der Waals surface area contributed by atoms with Gasteiger partial charge in [-0.05, 0) is 67.6 Å². The van der Waals surface area contributed by atoms with Crippen LogP contribution < -0.4 is 0 Å². The lowest BCUT2D eigenvalue weighted by atomic mass is 9.93. The Labute approximate surface area is 249 Å². The van der Waals surface area contributed by atoms with Crippen LogP contribution in [0.1, 0.15) is 42.3 Å². The Kier molecular flexibility index (Phi) is 7.41. The number of rotatable bonds is 8. The van der Waals surface area contributed by atoms with Crippen LogP contribution in [0.15, 0.2) is 89.5 Å². The van der Waals surface area contributed by atoms with E-state index in [1.165, 1.54) is 0 Å². The number of benzene rings is 3. The number of nitrogens with zero attached hydrogens (tertiary/aromatic N) is 2. The van der Waals surface area contributed by atoms with Gasteiger partial charge in [-0.25, -0.2) is 0 Å².